The van der Waals surface area contributed by atoms with Gasteiger partial charge in [-0.25, -0.2) is 9.97 Å². The van der Waals surface area contributed by atoms with Gasteiger partial charge in [0.25, 0.3) is 0 Å². The summed E-state index contributed by atoms with van der Waals surface area (Å²) >= 11 is 0. The molecule has 1 aliphatic rings. The van der Waals surface area contributed by atoms with Gasteiger partial charge in [-0.15, -0.1) is 0 Å². The van der Waals surface area contributed by atoms with Crippen LogP contribution >= 0.6 is 0 Å². The molecule has 32 heavy (non-hydrogen) atoms. The minimum atomic E-state index is -4.42. The van der Waals surface area contributed by atoms with Crippen molar-refractivity contribution in [1.29, 1.82) is 0 Å². The van der Waals surface area contributed by atoms with Crippen LogP contribution in [0.15, 0.2) is 30.7 Å². The summed E-state index contributed by atoms with van der Waals surface area (Å²) < 4.78 is 48.8. The number of halogens is 3. The normalized spacial score (nSPS) is 15.1. The summed E-state index contributed by atoms with van der Waals surface area (Å²) in [6, 6.07) is 3.45. The van der Waals surface area contributed by atoms with Gasteiger partial charge < -0.3 is 14.8 Å². The number of fused-ring (bicyclic) bond motifs is 1. The van der Waals surface area contributed by atoms with Gasteiger partial charge in [0, 0.05) is 43.3 Å². The second-order valence-corrected chi connectivity index (χ2v) is 7.66. The molecule has 170 valence electrons. The van der Waals surface area contributed by atoms with Crippen molar-refractivity contribution in [2.24, 2.45) is 5.92 Å². The molecule has 3 aromatic rings. The Morgan fingerprint density at radius 2 is 2.09 bits per heavy atom. The first kappa shape index (κ1) is 22.0. The zero-order valence-corrected chi connectivity index (χ0v) is 17.4. The number of aryl methyl sites for hydroxylation is 1. The molecule has 11 heteroatoms. The predicted octanol–water partition coefficient (Wildman–Crippen LogP) is 3.49. The van der Waals surface area contributed by atoms with Gasteiger partial charge in [-0.3, -0.25) is 9.48 Å². The second-order valence-electron chi connectivity index (χ2n) is 7.66. The average Bonchev–Trinajstić information content (AvgIpc) is 3.16. The number of rotatable bonds is 6. The van der Waals surface area contributed by atoms with Crippen molar-refractivity contribution in [3.05, 3.63) is 41.9 Å². The number of nitrogens with zero attached hydrogens (tertiary/aromatic N) is 4. The third kappa shape index (κ3) is 5.34. The van der Waals surface area contributed by atoms with E-state index < -0.39 is 12.8 Å². The largest absolute Gasteiger partial charge is 0.468 e. The van der Waals surface area contributed by atoms with Crippen LogP contribution in [0.5, 0.6) is 5.88 Å². The molecule has 1 fully saturated rings. The molecule has 0 unspecified atom stereocenters. The van der Waals surface area contributed by atoms with Gasteiger partial charge in [0.05, 0.1) is 17.4 Å². The molecule has 1 saturated heterocycles. The molecule has 0 aliphatic carbocycles. The van der Waals surface area contributed by atoms with E-state index >= 15 is 0 Å². The number of hydrogen-bond donors (Lipinski definition) is 1. The molecule has 3 aromatic heterocycles. The first-order valence-corrected chi connectivity index (χ1v) is 10.1. The molecule has 8 nitrogen and oxygen atoms in total. The zero-order chi connectivity index (χ0) is 22.7. The van der Waals surface area contributed by atoms with Crippen molar-refractivity contribution < 1.29 is 27.4 Å². The fourth-order valence-electron chi connectivity index (χ4n) is 3.55. The Morgan fingerprint density at radius 3 is 2.81 bits per heavy atom. The van der Waals surface area contributed by atoms with E-state index in [9.17, 15) is 18.0 Å². The fraction of sp³-hybridized carbons (Fsp3) is 0.429. The standard InChI is InChI=1S/C21H22F3N5O3/c1-13-8-14(9-26-20(13)32-12-21(22,23)24)10-29-11-16-17(28-29)2-5-25-18(16)27-19(30)15-3-6-31-7-4-15/h2,5,8-9,11,15H,3-4,6-7,10,12H2,1H3,(H,25,27,30). The van der Waals surface area contributed by atoms with Crippen molar-refractivity contribution >= 4 is 22.6 Å². The molecule has 1 amide bonds. The number of pyridine rings is 2. The molecule has 0 atom stereocenters. The number of carbonyl (C=O) groups is 1. The summed E-state index contributed by atoms with van der Waals surface area (Å²) in [5, 5.41) is 8.10. The number of amides is 1. The van der Waals surface area contributed by atoms with Crippen LogP contribution in [0.25, 0.3) is 10.9 Å². The molecule has 1 N–H and O–H groups in total. The number of alkyl halides is 3. The van der Waals surface area contributed by atoms with Crippen LogP contribution in [0, 0.1) is 12.8 Å². The maximum atomic E-state index is 12.6. The van der Waals surface area contributed by atoms with Crippen LogP contribution in [0.3, 0.4) is 0 Å². The van der Waals surface area contributed by atoms with Crippen LogP contribution in [-0.2, 0) is 16.1 Å². The highest BCUT2D eigenvalue weighted by Crippen LogP contribution is 2.24. The average molecular weight is 449 g/mol. The van der Waals surface area contributed by atoms with Crippen LogP contribution in [-0.4, -0.2) is 51.7 Å². The molecule has 0 radical (unpaired) electrons. The number of carbonyl (C=O) groups excluding carboxylic acids is 1. The Morgan fingerprint density at radius 1 is 1.31 bits per heavy atom. The Bertz CT molecular complexity index is 1110. The summed E-state index contributed by atoms with van der Waals surface area (Å²) in [6.07, 6.45) is 1.74. The SMILES string of the molecule is Cc1cc(Cn2cc3c(NC(=O)C4CCOCC4)nccc3n2)cnc1OCC(F)(F)F. The topological polar surface area (TPSA) is 91.2 Å². The highest BCUT2D eigenvalue weighted by atomic mass is 19.4. The summed E-state index contributed by atoms with van der Waals surface area (Å²) in [5.74, 6) is 0.188. The Hall–Kier alpha value is -3.21. The number of anilines is 1. The number of nitrogens with one attached hydrogen (secondary N) is 1. The maximum Gasteiger partial charge on any atom is 0.422 e. The molecule has 0 aromatic carbocycles. The van der Waals surface area contributed by atoms with E-state index in [2.05, 4.69) is 20.4 Å². The van der Waals surface area contributed by atoms with Crippen LogP contribution in [0.1, 0.15) is 24.0 Å². The predicted molar refractivity (Wildman–Crippen MR) is 109 cm³/mol. The number of hydrogen-bond acceptors (Lipinski definition) is 6. The highest BCUT2D eigenvalue weighted by Gasteiger charge is 2.29. The van der Waals surface area contributed by atoms with Crippen LogP contribution in [0.4, 0.5) is 19.0 Å². The Labute approximate surface area is 181 Å². The monoisotopic (exact) mass is 449 g/mol. The molecule has 0 saturated carbocycles. The van der Waals surface area contributed by atoms with Gasteiger partial charge in [0.2, 0.25) is 11.8 Å². The third-order valence-corrected chi connectivity index (χ3v) is 5.12. The van der Waals surface area contributed by atoms with E-state index in [4.69, 9.17) is 9.47 Å². The molecule has 4 rings (SSSR count). The lowest BCUT2D eigenvalue weighted by Gasteiger charge is -2.21. The minimum absolute atomic E-state index is 0.0565. The molecule has 0 bridgehead atoms. The first-order chi connectivity index (χ1) is 15.3. The molecular formula is C21H22F3N5O3. The lowest BCUT2D eigenvalue weighted by molar-refractivity contribution is -0.154. The summed E-state index contributed by atoms with van der Waals surface area (Å²) in [5.41, 5.74) is 1.90. The summed E-state index contributed by atoms with van der Waals surface area (Å²) in [6.45, 7) is 1.73. The number of aromatic nitrogens is 4. The van der Waals surface area contributed by atoms with E-state index in [0.29, 0.717) is 54.9 Å². The van der Waals surface area contributed by atoms with Crippen LogP contribution < -0.4 is 10.1 Å². The molecule has 1 aliphatic heterocycles. The van der Waals surface area contributed by atoms with E-state index in [1.807, 2.05) is 0 Å². The molecule has 4 heterocycles. The van der Waals surface area contributed by atoms with Crippen molar-refractivity contribution in [1.82, 2.24) is 19.7 Å². The molecular weight excluding hydrogens is 427 g/mol. The number of ether oxygens (including phenoxy) is 2. The zero-order valence-electron chi connectivity index (χ0n) is 17.4. The minimum Gasteiger partial charge on any atom is -0.468 e. The Kier molecular flexibility index (Phi) is 6.26. The van der Waals surface area contributed by atoms with E-state index in [1.165, 1.54) is 6.20 Å². The van der Waals surface area contributed by atoms with E-state index in [1.54, 1.807) is 36.1 Å². The van der Waals surface area contributed by atoms with Crippen molar-refractivity contribution in [3.8, 4) is 5.88 Å². The fourth-order valence-corrected chi connectivity index (χ4v) is 3.55. The Balaban J connectivity index is 1.48. The van der Waals surface area contributed by atoms with E-state index in [0.717, 1.165) is 5.56 Å². The maximum absolute atomic E-state index is 12.6. The van der Waals surface area contributed by atoms with Crippen molar-refractivity contribution in [2.45, 2.75) is 32.5 Å². The van der Waals surface area contributed by atoms with Crippen molar-refractivity contribution in [2.75, 3.05) is 25.1 Å². The lowest BCUT2D eigenvalue weighted by Crippen LogP contribution is -2.28. The summed E-state index contributed by atoms with van der Waals surface area (Å²) in [4.78, 5) is 20.9. The van der Waals surface area contributed by atoms with Crippen LogP contribution in [0.2, 0.25) is 0 Å². The second kappa shape index (κ2) is 9.11. The molecule has 0 spiro atoms. The smallest absolute Gasteiger partial charge is 0.422 e. The first-order valence-electron chi connectivity index (χ1n) is 10.1. The summed E-state index contributed by atoms with van der Waals surface area (Å²) in [7, 11) is 0. The van der Waals surface area contributed by atoms with Gasteiger partial charge in [-0.05, 0) is 37.5 Å². The van der Waals surface area contributed by atoms with Gasteiger partial charge >= 0.3 is 6.18 Å². The van der Waals surface area contributed by atoms with E-state index in [-0.39, 0.29) is 17.7 Å². The highest BCUT2D eigenvalue weighted by molar-refractivity contribution is 5.99. The lowest BCUT2D eigenvalue weighted by atomic mass is 9.99. The van der Waals surface area contributed by atoms with Gasteiger partial charge in [-0.1, -0.05) is 0 Å². The van der Waals surface area contributed by atoms with Gasteiger partial charge in [-0.2, -0.15) is 18.3 Å². The quantitative estimate of drug-likeness (QED) is 0.620. The van der Waals surface area contributed by atoms with Gasteiger partial charge in [0.1, 0.15) is 5.82 Å². The van der Waals surface area contributed by atoms with Crippen molar-refractivity contribution in [3.63, 3.8) is 0 Å². The van der Waals surface area contributed by atoms with Gasteiger partial charge in [0.15, 0.2) is 6.61 Å². The third-order valence-electron chi connectivity index (χ3n) is 5.12.